The summed E-state index contributed by atoms with van der Waals surface area (Å²) < 4.78 is 46.9. The van der Waals surface area contributed by atoms with E-state index < -0.39 is 23.8 Å². The van der Waals surface area contributed by atoms with Crippen molar-refractivity contribution in [3.8, 4) is 5.75 Å². The molecule has 0 radical (unpaired) electrons. The third-order valence-corrected chi connectivity index (χ3v) is 11.5. The molecule has 1 saturated carbocycles. The Morgan fingerprint density at radius 2 is 1.70 bits per heavy atom. The summed E-state index contributed by atoms with van der Waals surface area (Å²) in [5.74, 6) is 0.115. The van der Waals surface area contributed by atoms with E-state index in [0.29, 0.717) is 58.2 Å². The first-order valence-corrected chi connectivity index (χ1v) is 19.4. The predicted molar refractivity (Wildman–Crippen MR) is 208 cm³/mol. The van der Waals surface area contributed by atoms with Crippen LogP contribution in [0.3, 0.4) is 0 Å². The Labute approximate surface area is 332 Å². The first-order valence-electron chi connectivity index (χ1n) is 19.1. The maximum Gasteiger partial charge on any atom is 0.433 e. The first-order chi connectivity index (χ1) is 27.2. The number of urea groups is 1. The summed E-state index contributed by atoms with van der Waals surface area (Å²) in [5, 5.41) is 10.8. The lowest BCUT2D eigenvalue weighted by Gasteiger charge is -2.36. The van der Waals surface area contributed by atoms with E-state index in [1.807, 2.05) is 15.8 Å². The fourth-order valence-electron chi connectivity index (χ4n) is 8.13. The van der Waals surface area contributed by atoms with Gasteiger partial charge in [0, 0.05) is 62.4 Å². The minimum Gasteiger partial charge on any atom is -0.494 e. The van der Waals surface area contributed by atoms with Crippen LogP contribution in [0, 0.1) is 11.8 Å². The van der Waals surface area contributed by atoms with E-state index in [0.717, 1.165) is 69.1 Å². The standard InChI is InChI=1S/C40H44ClF3N8O5/c1-49(22-25-12-15-50(16-13-25)38(55)26-8-11-29(41)33(19-26)51-17-14-36(53)47-39(51)56)21-24-6-9-28(10-7-24)52-23-27-18-32(34(57-2)20-31(27)48-52)46-37(54)30-4-3-5-35(45-30)40(42,43)44/h3-5,8,11,18-20,23-25,28H,6-7,9-10,12-17,21-22H2,1-2H3,(H,46,54)(H,47,53,56). The summed E-state index contributed by atoms with van der Waals surface area (Å²) in [6, 6.07) is 11.2. The molecule has 3 aliphatic rings. The number of benzene rings is 2. The van der Waals surface area contributed by atoms with Crippen molar-refractivity contribution in [1.82, 2.24) is 29.9 Å². The lowest BCUT2D eigenvalue weighted by molar-refractivity contribution is -0.141. The van der Waals surface area contributed by atoms with Gasteiger partial charge in [-0.3, -0.25) is 29.3 Å². The zero-order valence-electron chi connectivity index (χ0n) is 31.6. The number of carbonyl (C=O) groups excluding carboxylic acids is 4. The number of anilines is 2. The van der Waals surface area contributed by atoms with Gasteiger partial charge >= 0.3 is 12.2 Å². The summed E-state index contributed by atoms with van der Waals surface area (Å²) in [4.78, 5) is 59.5. The van der Waals surface area contributed by atoms with Gasteiger partial charge in [0.1, 0.15) is 17.1 Å². The van der Waals surface area contributed by atoms with E-state index in [-0.39, 0.29) is 36.5 Å². The van der Waals surface area contributed by atoms with Crippen LogP contribution in [0.25, 0.3) is 10.9 Å². The third kappa shape index (κ3) is 9.17. The van der Waals surface area contributed by atoms with Crippen LogP contribution in [0.15, 0.2) is 54.7 Å². The number of halogens is 4. The van der Waals surface area contributed by atoms with Crippen molar-refractivity contribution in [2.24, 2.45) is 11.8 Å². The quantitative estimate of drug-likeness (QED) is 0.174. The Morgan fingerprint density at radius 1 is 0.982 bits per heavy atom. The van der Waals surface area contributed by atoms with Gasteiger partial charge in [-0.25, -0.2) is 9.78 Å². The summed E-state index contributed by atoms with van der Waals surface area (Å²) in [6.07, 6.45) is 3.23. The van der Waals surface area contributed by atoms with Crippen LogP contribution in [0.5, 0.6) is 5.75 Å². The molecule has 0 spiro atoms. The molecule has 2 saturated heterocycles. The second kappa shape index (κ2) is 16.7. The summed E-state index contributed by atoms with van der Waals surface area (Å²) >= 11 is 6.39. The van der Waals surface area contributed by atoms with Crippen LogP contribution >= 0.6 is 11.6 Å². The molecular weight excluding hydrogens is 765 g/mol. The molecule has 302 valence electrons. The molecule has 2 aliphatic heterocycles. The predicted octanol–water partition coefficient (Wildman–Crippen LogP) is 7.03. The number of nitrogens with zero attached hydrogens (tertiary/aromatic N) is 6. The number of piperidine rings is 1. The van der Waals surface area contributed by atoms with Crippen molar-refractivity contribution in [3.63, 3.8) is 0 Å². The molecule has 4 heterocycles. The van der Waals surface area contributed by atoms with Gasteiger partial charge in [0.05, 0.1) is 35.1 Å². The normalized spacial score (nSPS) is 19.6. The van der Waals surface area contributed by atoms with E-state index in [1.165, 1.54) is 18.1 Å². The largest absolute Gasteiger partial charge is 0.494 e. The number of aromatic nitrogens is 3. The monoisotopic (exact) mass is 808 g/mol. The fourth-order valence-corrected chi connectivity index (χ4v) is 8.35. The summed E-state index contributed by atoms with van der Waals surface area (Å²) in [5.41, 5.74) is 0.343. The minimum absolute atomic E-state index is 0.104. The Balaban J connectivity index is 0.882. The lowest BCUT2D eigenvalue weighted by Crippen LogP contribution is -2.49. The average molecular weight is 809 g/mol. The van der Waals surface area contributed by atoms with E-state index in [1.54, 1.807) is 30.3 Å². The number of ether oxygens (including phenoxy) is 1. The number of nitrogens with one attached hydrogen (secondary N) is 2. The second-order valence-corrected chi connectivity index (χ2v) is 15.5. The molecule has 5 amide bonds. The van der Waals surface area contributed by atoms with Crippen LogP contribution < -0.4 is 20.3 Å². The molecule has 2 aromatic carbocycles. The molecule has 0 atom stereocenters. The summed E-state index contributed by atoms with van der Waals surface area (Å²) in [6.45, 7) is 3.42. The van der Waals surface area contributed by atoms with Crippen LogP contribution in [-0.2, 0) is 11.0 Å². The van der Waals surface area contributed by atoms with Crippen molar-refractivity contribution in [2.45, 2.75) is 57.2 Å². The third-order valence-electron chi connectivity index (χ3n) is 11.1. The molecule has 3 fully saturated rings. The Bertz CT molecular complexity index is 2160. The van der Waals surface area contributed by atoms with Crippen LogP contribution in [-0.4, -0.2) is 95.2 Å². The number of hydrogen-bond donors (Lipinski definition) is 2. The number of hydrogen-bond acceptors (Lipinski definition) is 8. The molecule has 17 heteroatoms. The Hall–Kier alpha value is -5.22. The number of pyridine rings is 1. The van der Waals surface area contributed by atoms with E-state index >= 15 is 0 Å². The Kier molecular flexibility index (Phi) is 11.7. The highest BCUT2D eigenvalue weighted by Gasteiger charge is 2.33. The van der Waals surface area contributed by atoms with Crippen LogP contribution in [0.2, 0.25) is 5.02 Å². The lowest BCUT2D eigenvalue weighted by atomic mass is 9.85. The molecule has 7 rings (SSSR count). The number of carbonyl (C=O) groups is 4. The van der Waals surface area contributed by atoms with E-state index in [2.05, 4.69) is 27.6 Å². The Morgan fingerprint density at radius 3 is 2.39 bits per heavy atom. The van der Waals surface area contributed by atoms with Crippen molar-refractivity contribution in [2.75, 3.05) is 57.1 Å². The number of amides is 5. The number of rotatable bonds is 10. The van der Waals surface area contributed by atoms with Gasteiger partial charge in [-0.05, 0) is 93.8 Å². The van der Waals surface area contributed by atoms with Crippen molar-refractivity contribution in [3.05, 3.63) is 76.7 Å². The van der Waals surface area contributed by atoms with Gasteiger partial charge in [-0.1, -0.05) is 17.7 Å². The van der Waals surface area contributed by atoms with Crippen LogP contribution in [0.1, 0.15) is 77.5 Å². The molecule has 0 bridgehead atoms. The highest BCUT2D eigenvalue weighted by Crippen LogP contribution is 2.36. The summed E-state index contributed by atoms with van der Waals surface area (Å²) in [7, 11) is 3.61. The highest BCUT2D eigenvalue weighted by atomic mass is 35.5. The highest BCUT2D eigenvalue weighted by molar-refractivity contribution is 6.34. The van der Waals surface area contributed by atoms with Gasteiger partial charge < -0.3 is 19.9 Å². The SMILES string of the molecule is COc1cc2nn(C3CCC(CN(C)CC4CCN(C(=O)c5ccc(Cl)c(N6CCC(=O)NC6=O)c5)CC4)CC3)cc2cc1NC(=O)c1cccc(C(F)(F)F)n1. The zero-order chi connectivity index (χ0) is 40.4. The van der Waals surface area contributed by atoms with Crippen molar-refractivity contribution in [1.29, 1.82) is 0 Å². The number of alkyl halides is 3. The zero-order valence-corrected chi connectivity index (χ0v) is 32.4. The smallest absolute Gasteiger partial charge is 0.433 e. The van der Waals surface area contributed by atoms with Gasteiger partial charge in [0.15, 0.2) is 0 Å². The number of methoxy groups -OCH3 is 1. The second-order valence-electron chi connectivity index (χ2n) is 15.1. The van der Waals surface area contributed by atoms with Crippen LogP contribution in [0.4, 0.5) is 29.3 Å². The van der Waals surface area contributed by atoms with Gasteiger partial charge in [-0.2, -0.15) is 18.3 Å². The minimum atomic E-state index is -4.67. The maximum absolute atomic E-state index is 13.5. The van der Waals surface area contributed by atoms with Gasteiger partial charge in [0.2, 0.25) is 5.91 Å². The van der Waals surface area contributed by atoms with Gasteiger partial charge in [0.25, 0.3) is 11.8 Å². The molecule has 13 nitrogen and oxygen atoms in total. The number of likely N-dealkylation sites (tertiary alicyclic amines) is 1. The van der Waals surface area contributed by atoms with E-state index in [4.69, 9.17) is 21.4 Å². The van der Waals surface area contributed by atoms with E-state index in [9.17, 15) is 32.3 Å². The number of fused-ring (bicyclic) bond motifs is 1. The van der Waals surface area contributed by atoms with Crippen molar-refractivity contribution >= 4 is 57.6 Å². The molecule has 2 N–H and O–H groups in total. The first kappa shape index (κ1) is 40.0. The fraction of sp³-hybridized carbons (Fsp3) is 0.450. The topological polar surface area (TPSA) is 142 Å². The molecular formula is C40H44ClF3N8O5. The average Bonchev–Trinajstić information content (AvgIpc) is 3.61. The molecule has 0 unspecified atom stereocenters. The molecule has 4 aromatic rings. The van der Waals surface area contributed by atoms with Gasteiger partial charge in [-0.15, -0.1) is 0 Å². The molecule has 57 heavy (non-hydrogen) atoms. The number of imide groups is 1. The molecule has 1 aliphatic carbocycles. The molecule has 2 aromatic heterocycles. The maximum atomic E-state index is 13.5. The van der Waals surface area contributed by atoms with Crippen molar-refractivity contribution < 1.29 is 37.1 Å².